The molecule has 0 atom stereocenters. The highest BCUT2D eigenvalue weighted by atomic mass is 16.5. The van der Waals surface area contributed by atoms with Gasteiger partial charge in [0.05, 0.1) is 25.9 Å². The van der Waals surface area contributed by atoms with Gasteiger partial charge in [0.15, 0.2) is 0 Å². The zero-order valence-electron chi connectivity index (χ0n) is 16.7. The molecule has 0 aliphatic heterocycles. The maximum atomic E-state index is 12.8. The molecule has 1 aromatic rings. The first-order valence-electron chi connectivity index (χ1n) is 9.73. The van der Waals surface area contributed by atoms with Crippen LogP contribution in [0.1, 0.15) is 39.5 Å². The number of ether oxygens (including phenoxy) is 1. The minimum absolute atomic E-state index is 0.0533. The van der Waals surface area contributed by atoms with Gasteiger partial charge in [0.2, 0.25) is 11.8 Å². The lowest BCUT2D eigenvalue weighted by atomic mass is 10.0. The Hall–Kier alpha value is -2.34. The van der Waals surface area contributed by atoms with Crippen LogP contribution in [-0.2, 0) is 9.59 Å². The lowest BCUT2D eigenvalue weighted by Crippen LogP contribution is -2.42. The van der Waals surface area contributed by atoms with Crippen molar-refractivity contribution in [3.05, 3.63) is 36.0 Å². The Kier molecular flexibility index (Phi) is 8.33. The molecule has 148 valence electrons. The Balaban J connectivity index is 1.94. The summed E-state index contributed by atoms with van der Waals surface area (Å²) < 4.78 is 5.26. The molecule has 2 rings (SSSR count). The van der Waals surface area contributed by atoms with Crippen molar-refractivity contribution in [3.63, 3.8) is 0 Å². The molecule has 1 aliphatic rings. The lowest BCUT2D eigenvalue weighted by molar-refractivity contribution is -0.131. The van der Waals surface area contributed by atoms with Gasteiger partial charge >= 0.3 is 0 Å². The summed E-state index contributed by atoms with van der Waals surface area (Å²) in [6.07, 6.45) is 6.50. The summed E-state index contributed by atoms with van der Waals surface area (Å²) in [4.78, 5) is 28.9. The van der Waals surface area contributed by atoms with Crippen molar-refractivity contribution in [2.45, 2.75) is 39.5 Å². The molecule has 0 radical (unpaired) electrons. The van der Waals surface area contributed by atoms with Crippen LogP contribution in [0.5, 0.6) is 5.75 Å². The molecule has 0 bridgehead atoms. The molecule has 0 spiro atoms. The molecule has 0 saturated heterocycles. The van der Waals surface area contributed by atoms with E-state index in [0.29, 0.717) is 24.5 Å². The molecule has 27 heavy (non-hydrogen) atoms. The van der Waals surface area contributed by atoms with Crippen LogP contribution in [0.4, 0.5) is 5.69 Å². The van der Waals surface area contributed by atoms with Crippen molar-refractivity contribution in [1.82, 2.24) is 9.80 Å². The third kappa shape index (κ3) is 6.10. The van der Waals surface area contributed by atoms with Crippen LogP contribution in [0.25, 0.3) is 0 Å². The number of nitrogens with zero attached hydrogens (tertiary/aromatic N) is 2. The maximum Gasteiger partial charge on any atom is 0.240 e. The summed E-state index contributed by atoms with van der Waals surface area (Å²) in [5.41, 5.74) is 1.76. The standard InChI is InChI=1S/C21H31N3O3/c1-4-23(15-20(25)22-18-13-9-10-14-19(18)27-3)16-21(26)24(5-2)17-11-7-6-8-12-17/h9-11,13-14H,4-8,12,15-16H2,1-3H3,(H,22,25). The van der Waals surface area contributed by atoms with Gasteiger partial charge in [-0.3, -0.25) is 14.5 Å². The van der Waals surface area contributed by atoms with Gasteiger partial charge in [0.25, 0.3) is 0 Å². The number of nitrogens with one attached hydrogen (secondary N) is 1. The maximum absolute atomic E-state index is 12.8. The van der Waals surface area contributed by atoms with Gasteiger partial charge in [-0.15, -0.1) is 0 Å². The molecule has 0 fully saturated rings. The number of rotatable bonds is 9. The summed E-state index contributed by atoms with van der Waals surface area (Å²) in [7, 11) is 1.57. The van der Waals surface area contributed by atoms with Crippen molar-refractivity contribution in [2.24, 2.45) is 0 Å². The number of methoxy groups -OCH3 is 1. The molecular formula is C21H31N3O3. The molecule has 0 unspecified atom stereocenters. The number of benzene rings is 1. The van der Waals surface area contributed by atoms with Crippen molar-refractivity contribution in [2.75, 3.05) is 38.6 Å². The Bertz CT molecular complexity index is 672. The van der Waals surface area contributed by atoms with Crippen molar-refractivity contribution >= 4 is 17.5 Å². The SMILES string of the molecule is CCN(CC(=O)Nc1ccccc1OC)CC(=O)N(CC)C1=CCCCC1. The first kappa shape index (κ1) is 21.0. The first-order valence-corrected chi connectivity index (χ1v) is 9.73. The van der Waals surface area contributed by atoms with Gasteiger partial charge in [-0.1, -0.05) is 25.1 Å². The summed E-state index contributed by atoms with van der Waals surface area (Å²) in [5.74, 6) is 0.512. The molecule has 6 heteroatoms. The third-order valence-electron chi connectivity index (χ3n) is 4.79. The number of carbonyl (C=O) groups is 2. The predicted octanol–water partition coefficient (Wildman–Crippen LogP) is 3.26. The van der Waals surface area contributed by atoms with E-state index in [1.165, 1.54) is 6.42 Å². The first-order chi connectivity index (χ1) is 13.1. The van der Waals surface area contributed by atoms with E-state index in [4.69, 9.17) is 4.74 Å². The fraction of sp³-hybridized carbons (Fsp3) is 0.524. The number of carbonyl (C=O) groups excluding carboxylic acids is 2. The van der Waals surface area contributed by atoms with Crippen LogP contribution in [0.15, 0.2) is 36.0 Å². The summed E-state index contributed by atoms with van der Waals surface area (Å²) in [5, 5.41) is 2.86. The van der Waals surface area contributed by atoms with E-state index in [1.54, 1.807) is 19.2 Å². The van der Waals surface area contributed by atoms with Gasteiger partial charge in [0, 0.05) is 12.2 Å². The molecule has 2 amide bonds. The molecule has 1 aromatic carbocycles. The molecule has 0 aromatic heterocycles. The van der Waals surface area contributed by atoms with Gasteiger partial charge < -0.3 is 15.0 Å². The topological polar surface area (TPSA) is 61.9 Å². The summed E-state index contributed by atoms with van der Waals surface area (Å²) in [6, 6.07) is 7.29. The van der Waals surface area contributed by atoms with Crippen LogP contribution in [0.2, 0.25) is 0 Å². The van der Waals surface area contributed by atoms with E-state index in [1.807, 2.05) is 35.8 Å². The second-order valence-electron chi connectivity index (χ2n) is 6.63. The van der Waals surface area contributed by atoms with Crippen LogP contribution in [0, 0.1) is 0 Å². The minimum atomic E-state index is -0.158. The Morgan fingerprint density at radius 1 is 1.11 bits per heavy atom. The summed E-state index contributed by atoms with van der Waals surface area (Å²) in [6.45, 7) is 5.65. The average molecular weight is 373 g/mol. The van der Waals surface area contributed by atoms with E-state index in [2.05, 4.69) is 11.4 Å². The quantitative estimate of drug-likeness (QED) is 0.722. The van der Waals surface area contributed by atoms with E-state index in [-0.39, 0.29) is 24.9 Å². The van der Waals surface area contributed by atoms with Crippen LogP contribution >= 0.6 is 0 Å². The Morgan fingerprint density at radius 3 is 2.52 bits per heavy atom. The highest BCUT2D eigenvalue weighted by molar-refractivity contribution is 5.94. The fourth-order valence-electron chi connectivity index (χ4n) is 3.30. The highest BCUT2D eigenvalue weighted by Gasteiger charge is 2.21. The normalized spacial score (nSPS) is 13.9. The minimum Gasteiger partial charge on any atom is -0.495 e. The van der Waals surface area contributed by atoms with Gasteiger partial charge in [-0.25, -0.2) is 0 Å². The molecule has 6 nitrogen and oxygen atoms in total. The van der Waals surface area contributed by atoms with Crippen LogP contribution in [0.3, 0.4) is 0 Å². The van der Waals surface area contributed by atoms with Gasteiger partial charge in [0.1, 0.15) is 5.75 Å². The number of likely N-dealkylation sites (N-methyl/N-ethyl adjacent to an activating group) is 2. The lowest BCUT2D eigenvalue weighted by Gasteiger charge is -2.29. The Labute approximate surface area is 162 Å². The van der Waals surface area contributed by atoms with Crippen LogP contribution < -0.4 is 10.1 Å². The molecule has 1 aliphatic carbocycles. The zero-order chi connectivity index (χ0) is 19.6. The van der Waals surface area contributed by atoms with Crippen molar-refractivity contribution < 1.29 is 14.3 Å². The number of para-hydroxylation sites is 2. The summed E-state index contributed by atoms with van der Waals surface area (Å²) >= 11 is 0. The highest BCUT2D eigenvalue weighted by Crippen LogP contribution is 2.23. The third-order valence-corrected chi connectivity index (χ3v) is 4.79. The number of allylic oxidation sites excluding steroid dienone is 2. The van der Waals surface area contributed by atoms with Gasteiger partial charge in [-0.05, 0) is 51.3 Å². The second-order valence-corrected chi connectivity index (χ2v) is 6.63. The number of amides is 2. The van der Waals surface area contributed by atoms with Crippen molar-refractivity contribution in [3.8, 4) is 5.75 Å². The monoisotopic (exact) mass is 373 g/mol. The largest absolute Gasteiger partial charge is 0.495 e. The number of anilines is 1. The van der Waals surface area contributed by atoms with E-state index in [0.717, 1.165) is 25.0 Å². The molecular weight excluding hydrogens is 342 g/mol. The van der Waals surface area contributed by atoms with Gasteiger partial charge in [-0.2, -0.15) is 0 Å². The number of hydrogen-bond donors (Lipinski definition) is 1. The van der Waals surface area contributed by atoms with E-state index in [9.17, 15) is 9.59 Å². The fourth-order valence-corrected chi connectivity index (χ4v) is 3.30. The predicted molar refractivity (Wildman–Crippen MR) is 108 cm³/mol. The Morgan fingerprint density at radius 2 is 1.89 bits per heavy atom. The van der Waals surface area contributed by atoms with Crippen LogP contribution in [-0.4, -0.2) is 54.9 Å². The molecule has 0 heterocycles. The van der Waals surface area contributed by atoms with E-state index >= 15 is 0 Å². The zero-order valence-corrected chi connectivity index (χ0v) is 16.7. The molecule has 0 saturated carbocycles. The van der Waals surface area contributed by atoms with Crippen molar-refractivity contribution in [1.29, 1.82) is 0 Å². The average Bonchev–Trinajstić information content (AvgIpc) is 2.69. The number of hydrogen-bond acceptors (Lipinski definition) is 4. The molecule has 1 N–H and O–H groups in total. The smallest absolute Gasteiger partial charge is 0.240 e. The second kappa shape index (κ2) is 10.7. The van der Waals surface area contributed by atoms with E-state index < -0.39 is 0 Å².